The van der Waals surface area contributed by atoms with Gasteiger partial charge in [0.2, 0.25) is 0 Å². The van der Waals surface area contributed by atoms with Crippen molar-refractivity contribution in [1.29, 1.82) is 0 Å². The second-order valence-electron chi connectivity index (χ2n) is 5.43. The molecule has 0 atom stereocenters. The van der Waals surface area contributed by atoms with Crippen LogP contribution in [-0.4, -0.2) is 19.2 Å². The number of hydrogen-bond acceptors (Lipinski definition) is 2. The first-order valence-corrected chi connectivity index (χ1v) is 7.34. The van der Waals surface area contributed by atoms with E-state index >= 15 is 0 Å². The van der Waals surface area contributed by atoms with Gasteiger partial charge in [-0.3, -0.25) is 4.90 Å². The molecule has 0 spiro atoms. The smallest absolute Gasteiger partial charge is 0.416 e. The molecule has 0 bridgehead atoms. The summed E-state index contributed by atoms with van der Waals surface area (Å²) in [6.07, 6.45) is -4.46. The molecule has 0 saturated heterocycles. The van der Waals surface area contributed by atoms with E-state index in [1.165, 1.54) is 24.0 Å². The summed E-state index contributed by atoms with van der Waals surface area (Å²) >= 11 is 0. The summed E-state index contributed by atoms with van der Waals surface area (Å²) in [5.74, 6) is 0.568. The number of urea groups is 1. The molecule has 7 heteroatoms. The zero-order valence-electron chi connectivity index (χ0n) is 12.9. The fourth-order valence-electron chi connectivity index (χ4n) is 2.58. The summed E-state index contributed by atoms with van der Waals surface area (Å²) in [6, 6.07) is 10.3. The predicted octanol–water partition coefficient (Wildman–Crippen LogP) is 4.44. The Labute approximate surface area is 136 Å². The lowest BCUT2D eigenvalue weighted by atomic mass is 10.1. The Morgan fingerprint density at radius 1 is 1.21 bits per heavy atom. The maximum atomic E-state index is 13.0. The van der Waals surface area contributed by atoms with E-state index in [4.69, 9.17) is 4.74 Å². The molecule has 0 radical (unpaired) electrons. The number of para-hydroxylation sites is 2. The van der Waals surface area contributed by atoms with Crippen molar-refractivity contribution in [1.82, 2.24) is 0 Å². The van der Waals surface area contributed by atoms with E-state index in [-0.39, 0.29) is 11.3 Å². The van der Waals surface area contributed by atoms with E-state index < -0.39 is 17.8 Å². The van der Waals surface area contributed by atoms with Crippen LogP contribution >= 0.6 is 0 Å². The van der Waals surface area contributed by atoms with Crippen molar-refractivity contribution in [2.24, 2.45) is 0 Å². The van der Waals surface area contributed by atoms with Crippen molar-refractivity contribution in [3.63, 3.8) is 0 Å². The van der Waals surface area contributed by atoms with Crippen LogP contribution in [0.2, 0.25) is 0 Å². The van der Waals surface area contributed by atoms with E-state index in [0.29, 0.717) is 24.6 Å². The summed E-state index contributed by atoms with van der Waals surface area (Å²) in [7, 11) is 0. The van der Waals surface area contributed by atoms with Crippen molar-refractivity contribution in [2.45, 2.75) is 13.1 Å². The summed E-state index contributed by atoms with van der Waals surface area (Å²) in [6.45, 7) is 2.03. The molecule has 126 valence electrons. The van der Waals surface area contributed by atoms with Gasteiger partial charge in [-0.05, 0) is 36.8 Å². The van der Waals surface area contributed by atoms with E-state index in [1.54, 1.807) is 24.3 Å². The number of nitrogens with zero attached hydrogens (tertiary/aromatic N) is 1. The molecule has 0 aromatic heterocycles. The number of anilines is 2. The Hall–Kier alpha value is -2.70. The van der Waals surface area contributed by atoms with Crippen LogP contribution in [0.4, 0.5) is 29.3 Å². The molecule has 0 aliphatic carbocycles. The van der Waals surface area contributed by atoms with E-state index in [9.17, 15) is 18.0 Å². The highest BCUT2D eigenvalue weighted by atomic mass is 19.4. The fourth-order valence-corrected chi connectivity index (χ4v) is 2.58. The number of benzene rings is 2. The van der Waals surface area contributed by atoms with Gasteiger partial charge in [0.05, 0.1) is 17.8 Å². The van der Waals surface area contributed by atoms with Crippen LogP contribution in [0.25, 0.3) is 0 Å². The molecule has 3 rings (SSSR count). The third-order valence-electron chi connectivity index (χ3n) is 3.77. The molecule has 2 aromatic rings. The van der Waals surface area contributed by atoms with Crippen LogP contribution in [0.1, 0.15) is 11.1 Å². The second-order valence-corrected chi connectivity index (χ2v) is 5.43. The van der Waals surface area contributed by atoms with Crippen molar-refractivity contribution >= 4 is 17.4 Å². The highest BCUT2D eigenvalue weighted by Gasteiger charge is 2.33. The monoisotopic (exact) mass is 336 g/mol. The summed E-state index contributed by atoms with van der Waals surface area (Å²) < 4.78 is 44.4. The quantitative estimate of drug-likeness (QED) is 0.836. The fraction of sp³-hybridized carbons (Fsp3) is 0.235. The van der Waals surface area contributed by atoms with Gasteiger partial charge >= 0.3 is 12.2 Å². The number of aryl methyl sites for hydroxylation is 1. The number of carbonyl (C=O) groups is 1. The van der Waals surface area contributed by atoms with Crippen molar-refractivity contribution in [3.05, 3.63) is 53.6 Å². The van der Waals surface area contributed by atoms with Gasteiger partial charge in [-0.25, -0.2) is 4.79 Å². The molecular formula is C17H15F3N2O2. The number of carbonyl (C=O) groups excluding carboxylic acids is 1. The van der Waals surface area contributed by atoms with Crippen LogP contribution in [0.3, 0.4) is 0 Å². The number of hydrogen-bond donors (Lipinski definition) is 1. The van der Waals surface area contributed by atoms with E-state index in [2.05, 4.69) is 5.32 Å². The normalized spacial score (nSPS) is 13.9. The average molecular weight is 336 g/mol. The van der Waals surface area contributed by atoms with Gasteiger partial charge in [0.1, 0.15) is 12.4 Å². The number of fused-ring (bicyclic) bond motifs is 1. The molecule has 0 fully saturated rings. The maximum Gasteiger partial charge on any atom is 0.416 e. The number of nitrogens with one attached hydrogen (secondary N) is 1. The van der Waals surface area contributed by atoms with Crippen molar-refractivity contribution in [3.8, 4) is 5.75 Å². The Morgan fingerprint density at radius 3 is 2.71 bits per heavy atom. The minimum Gasteiger partial charge on any atom is -0.490 e. The number of halogens is 3. The van der Waals surface area contributed by atoms with Gasteiger partial charge < -0.3 is 10.1 Å². The maximum absolute atomic E-state index is 13.0. The Balaban J connectivity index is 1.84. The summed E-state index contributed by atoms with van der Waals surface area (Å²) in [4.78, 5) is 13.9. The SMILES string of the molecule is Cc1ccc(NC(=O)N2CCOc3ccccc32)cc1C(F)(F)F. The van der Waals surface area contributed by atoms with Crippen molar-refractivity contribution < 1.29 is 22.7 Å². The molecule has 4 nitrogen and oxygen atoms in total. The average Bonchev–Trinajstić information content (AvgIpc) is 2.55. The molecule has 1 heterocycles. The summed E-state index contributed by atoms with van der Waals surface area (Å²) in [5.41, 5.74) is 0.0335. The molecule has 1 aliphatic heterocycles. The lowest BCUT2D eigenvalue weighted by Crippen LogP contribution is -2.40. The van der Waals surface area contributed by atoms with E-state index in [0.717, 1.165) is 6.07 Å². The first-order chi connectivity index (χ1) is 11.4. The third-order valence-corrected chi connectivity index (χ3v) is 3.77. The van der Waals surface area contributed by atoms with Gasteiger partial charge in [0.15, 0.2) is 0 Å². The molecule has 2 amide bonds. The van der Waals surface area contributed by atoms with Gasteiger partial charge in [-0.15, -0.1) is 0 Å². The summed E-state index contributed by atoms with van der Waals surface area (Å²) in [5, 5.41) is 2.52. The molecule has 24 heavy (non-hydrogen) atoms. The lowest BCUT2D eigenvalue weighted by molar-refractivity contribution is -0.138. The topological polar surface area (TPSA) is 41.6 Å². The molecule has 0 saturated carbocycles. The minimum atomic E-state index is -4.46. The Morgan fingerprint density at radius 2 is 1.96 bits per heavy atom. The Kier molecular flexibility index (Phi) is 4.09. The van der Waals surface area contributed by atoms with Crippen LogP contribution in [-0.2, 0) is 6.18 Å². The number of amides is 2. The van der Waals surface area contributed by atoms with Crippen LogP contribution in [0.5, 0.6) is 5.75 Å². The Bertz CT molecular complexity index is 775. The van der Waals surface area contributed by atoms with Crippen LogP contribution in [0, 0.1) is 6.92 Å². The number of rotatable bonds is 1. The standard InChI is InChI=1S/C17H15F3N2O2/c1-11-6-7-12(10-13(11)17(18,19)20)21-16(23)22-8-9-24-15-5-3-2-4-14(15)22/h2-7,10H,8-9H2,1H3,(H,21,23). The second kappa shape index (κ2) is 6.07. The van der Waals surface area contributed by atoms with Crippen LogP contribution in [0.15, 0.2) is 42.5 Å². The molecule has 0 unspecified atom stereocenters. The molecule has 2 aromatic carbocycles. The first-order valence-electron chi connectivity index (χ1n) is 7.34. The predicted molar refractivity (Wildman–Crippen MR) is 84.5 cm³/mol. The largest absolute Gasteiger partial charge is 0.490 e. The van der Waals surface area contributed by atoms with Crippen LogP contribution < -0.4 is 15.0 Å². The lowest BCUT2D eigenvalue weighted by Gasteiger charge is -2.29. The van der Waals surface area contributed by atoms with Crippen molar-refractivity contribution in [2.75, 3.05) is 23.4 Å². The molecular weight excluding hydrogens is 321 g/mol. The van der Waals surface area contributed by atoms with Gasteiger partial charge in [-0.1, -0.05) is 18.2 Å². The molecule has 1 N–H and O–H groups in total. The van der Waals surface area contributed by atoms with Gasteiger partial charge in [0.25, 0.3) is 0 Å². The molecule has 1 aliphatic rings. The highest BCUT2D eigenvalue weighted by Crippen LogP contribution is 2.34. The zero-order valence-corrected chi connectivity index (χ0v) is 12.9. The van der Waals surface area contributed by atoms with Gasteiger partial charge in [-0.2, -0.15) is 13.2 Å². The highest BCUT2D eigenvalue weighted by molar-refractivity contribution is 6.03. The first kappa shape index (κ1) is 16.2. The number of ether oxygens (including phenoxy) is 1. The number of alkyl halides is 3. The van der Waals surface area contributed by atoms with Gasteiger partial charge in [0, 0.05) is 5.69 Å². The minimum absolute atomic E-state index is 0.0990. The third kappa shape index (κ3) is 3.15. The zero-order chi connectivity index (χ0) is 17.3. The van der Waals surface area contributed by atoms with E-state index in [1.807, 2.05) is 0 Å².